The lowest BCUT2D eigenvalue weighted by Crippen LogP contribution is -2.11. The predicted molar refractivity (Wildman–Crippen MR) is 54.7 cm³/mol. The standard InChI is InChI=1S/C9H7BrN2O/c1-12-7-5-3-2-4-6(7)8(13)9(10)11-12/h2-5H,1H3. The van der Waals surface area contributed by atoms with Crippen molar-refractivity contribution in [2.24, 2.45) is 7.05 Å². The van der Waals surface area contributed by atoms with Crippen LogP contribution in [0.15, 0.2) is 33.7 Å². The molecule has 0 bridgehead atoms. The molecule has 0 saturated heterocycles. The second-order valence-corrected chi connectivity index (χ2v) is 3.51. The zero-order valence-corrected chi connectivity index (χ0v) is 8.58. The molecule has 0 aliphatic carbocycles. The Morgan fingerprint density at radius 2 is 2.08 bits per heavy atom. The first-order valence-corrected chi connectivity index (χ1v) is 4.61. The highest BCUT2D eigenvalue weighted by atomic mass is 79.9. The molecule has 0 aliphatic rings. The fourth-order valence-corrected chi connectivity index (χ4v) is 1.74. The van der Waals surface area contributed by atoms with Crippen molar-refractivity contribution in [3.8, 4) is 0 Å². The molecule has 13 heavy (non-hydrogen) atoms. The van der Waals surface area contributed by atoms with Gasteiger partial charge in [0.25, 0.3) is 0 Å². The molecule has 66 valence electrons. The number of para-hydroxylation sites is 1. The molecule has 0 amide bonds. The topological polar surface area (TPSA) is 34.9 Å². The van der Waals surface area contributed by atoms with Crippen molar-refractivity contribution in [2.75, 3.05) is 0 Å². The Hall–Kier alpha value is -1.16. The van der Waals surface area contributed by atoms with Gasteiger partial charge >= 0.3 is 0 Å². The van der Waals surface area contributed by atoms with E-state index in [9.17, 15) is 4.79 Å². The van der Waals surface area contributed by atoms with Gasteiger partial charge in [-0.25, -0.2) is 0 Å². The summed E-state index contributed by atoms with van der Waals surface area (Å²) in [4.78, 5) is 11.6. The average Bonchev–Trinajstić information content (AvgIpc) is 2.15. The molecule has 3 nitrogen and oxygen atoms in total. The van der Waals surface area contributed by atoms with Crippen molar-refractivity contribution >= 4 is 26.8 Å². The first kappa shape index (κ1) is 8.44. The second-order valence-electron chi connectivity index (χ2n) is 2.76. The minimum absolute atomic E-state index is 0.0614. The van der Waals surface area contributed by atoms with E-state index in [1.54, 1.807) is 10.7 Å². The summed E-state index contributed by atoms with van der Waals surface area (Å²) in [6.07, 6.45) is 0. The largest absolute Gasteiger partial charge is 0.286 e. The van der Waals surface area contributed by atoms with Crippen LogP contribution in [0.1, 0.15) is 0 Å². The van der Waals surface area contributed by atoms with Crippen LogP contribution in [0.25, 0.3) is 10.9 Å². The van der Waals surface area contributed by atoms with Crippen LogP contribution in [-0.2, 0) is 7.05 Å². The van der Waals surface area contributed by atoms with Crippen molar-refractivity contribution in [3.05, 3.63) is 39.1 Å². The lowest BCUT2D eigenvalue weighted by molar-refractivity contribution is 0.761. The third kappa shape index (κ3) is 1.27. The number of benzene rings is 1. The maximum absolute atomic E-state index is 11.6. The Balaban J connectivity index is 3.06. The Bertz CT molecular complexity index is 518. The highest BCUT2D eigenvalue weighted by Gasteiger charge is 2.04. The monoisotopic (exact) mass is 238 g/mol. The van der Waals surface area contributed by atoms with Crippen molar-refractivity contribution in [2.45, 2.75) is 0 Å². The van der Waals surface area contributed by atoms with Crippen molar-refractivity contribution in [1.29, 1.82) is 0 Å². The van der Waals surface area contributed by atoms with Gasteiger partial charge in [-0.2, -0.15) is 5.10 Å². The van der Waals surface area contributed by atoms with E-state index < -0.39 is 0 Å². The van der Waals surface area contributed by atoms with Gasteiger partial charge in [-0.05, 0) is 28.1 Å². The fraction of sp³-hybridized carbons (Fsp3) is 0.111. The van der Waals surface area contributed by atoms with Crippen LogP contribution in [0.4, 0.5) is 0 Å². The molecule has 0 atom stereocenters. The molecular weight excluding hydrogens is 232 g/mol. The Labute approximate surface area is 83.1 Å². The third-order valence-electron chi connectivity index (χ3n) is 1.92. The third-order valence-corrected chi connectivity index (χ3v) is 2.44. The van der Waals surface area contributed by atoms with Gasteiger partial charge in [0.05, 0.1) is 10.9 Å². The van der Waals surface area contributed by atoms with E-state index in [0.717, 1.165) is 5.52 Å². The van der Waals surface area contributed by atoms with Gasteiger partial charge in [-0.3, -0.25) is 9.48 Å². The van der Waals surface area contributed by atoms with E-state index in [0.29, 0.717) is 9.99 Å². The van der Waals surface area contributed by atoms with E-state index >= 15 is 0 Å². The van der Waals surface area contributed by atoms with Gasteiger partial charge in [-0.1, -0.05) is 12.1 Å². The van der Waals surface area contributed by atoms with Crippen LogP contribution in [-0.4, -0.2) is 9.78 Å². The molecule has 1 aromatic carbocycles. The van der Waals surface area contributed by atoms with Gasteiger partial charge in [0.1, 0.15) is 0 Å². The van der Waals surface area contributed by atoms with Crippen molar-refractivity contribution < 1.29 is 0 Å². The predicted octanol–water partition coefficient (Wildman–Crippen LogP) is 1.70. The molecule has 0 unspecified atom stereocenters. The van der Waals surface area contributed by atoms with Crippen LogP contribution >= 0.6 is 15.9 Å². The molecule has 0 fully saturated rings. The quantitative estimate of drug-likeness (QED) is 0.701. The van der Waals surface area contributed by atoms with Crippen LogP contribution in [0.5, 0.6) is 0 Å². The molecule has 0 radical (unpaired) electrons. The highest BCUT2D eigenvalue weighted by molar-refractivity contribution is 9.10. The maximum Gasteiger partial charge on any atom is 0.222 e. The van der Waals surface area contributed by atoms with E-state index in [4.69, 9.17) is 0 Å². The van der Waals surface area contributed by atoms with Gasteiger partial charge < -0.3 is 0 Å². The lowest BCUT2D eigenvalue weighted by Gasteiger charge is -2.03. The number of nitrogens with zero attached hydrogens (tertiary/aromatic N) is 2. The first-order valence-electron chi connectivity index (χ1n) is 3.81. The van der Waals surface area contributed by atoms with E-state index in [2.05, 4.69) is 21.0 Å². The van der Waals surface area contributed by atoms with Crippen molar-refractivity contribution in [1.82, 2.24) is 9.78 Å². The summed E-state index contributed by atoms with van der Waals surface area (Å²) in [5.74, 6) is 0. The number of rotatable bonds is 0. The van der Waals surface area contributed by atoms with E-state index in [-0.39, 0.29) is 5.43 Å². The van der Waals surface area contributed by atoms with Gasteiger partial charge in [0.2, 0.25) is 5.43 Å². The van der Waals surface area contributed by atoms with Crippen LogP contribution in [0.3, 0.4) is 0 Å². The number of hydrogen-bond donors (Lipinski definition) is 0. The average molecular weight is 239 g/mol. The number of fused-ring (bicyclic) bond motifs is 1. The summed E-state index contributed by atoms with van der Waals surface area (Å²) in [5, 5.41) is 4.71. The summed E-state index contributed by atoms with van der Waals surface area (Å²) in [7, 11) is 1.81. The molecule has 2 aromatic rings. The summed E-state index contributed by atoms with van der Waals surface area (Å²) >= 11 is 3.12. The number of halogens is 1. The zero-order chi connectivity index (χ0) is 9.42. The van der Waals surface area contributed by atoms with Crippen LogP contribution < -0.4 is 5.43 Å². The molecule has 0 spiro atoms. The lowest BCUT2D eigenvalue weighted by atomic mass is 10.2. The summed E-state index contributed by atoms with van der Waals surface area (Å²) < 4.78 is 2.04. The van der Waals surface area contributed by atoms with Crippen LogP contribution in [0, 0.1) is 0 Å². The molecular formula is C9H7BrN2O. The number of aromatic nitrogens is 2. The van der Waals surface area contributed by atoms with E-state index in [1.165, 1.54) is 0 Å². The van der Waals surface area contributed by atoms with Gasteiger partial charge in [0, 0.05) is 7.05 Å². The summed E-state index contributed by atoms with van der Waals surface area (Å²) in [5.41, 5.74) is 0.782. The summed E-state index contributed by atoms with van der Waals surface area (Å²) in [6.45, 7) is 0. The number of aryl methyl sites for hydroxylation is 1. The Morgan fingerprint density at radius 1 is 1.38 bits per heavy atom. The maximum atomic E-state index is 11.6. The number of hydrogen-bond acceptors (Lipinski definition) is 2. The first-order chi connectivity index (χ1) is 6.20. The minimum atomic E-state index is -0.0614. The second kappa shape index (κ2) is 2.96. The molecule has 0 saturated carbocycles. The normalized spacial score (nSPS) is 10.6. The fourth-order valence-electron chi connectivity index (χ4n) is 1.29. The molecule has 0 N–H and O–H groups in total. The Kier molecular flexibility index (Phi) is 1.92. The molecule has 1 aromatic heterocycles. The van der Waals surface area contributed by atoms with E-state index in [1.807, 2.05) is 25.2 Å². The smallest absolute Gasteiger partial charge is 0.222 e. The van der Waals surface area contributed by atoms with Gasteiger partial charge in [0.15, 0.2) is 4.60 Å². The highest BCUT2D eigenvalue weighted by Crippen LogP contribution is 2.09. The molecule has 0 aliphatic heterocycles. The van der Waals surface area contributed by atoms with Crippen molar-refractivity contribution in [3.63, 3.8) is 0 Å². The summed E-state index contributed by atoms with van der Waals surface area (Å²) in [6, 6.07) is 7.40. The zero-order valence-electron chi connectivity index (χ0n) is 6.99. The molecule has 1 heterocycles. The molecule has 2 rings (SSSR count). The SMILES string of the molecule is Cn1nc(Br)c(=O)c2ccccc21. The molecule has 4 heteroatoms. The van der Waals surface area contributed by atoms with Gasteiger partial charge in [-0.15, -0.1) is 0 Å². The van der Waals surface area contributed by atoms with Crippen LogP contribution in [0.2, 0.25) is 0 Å². The minimum Gasteiger partial charge on any atom is -0.286 e. The Morgan fingerprint density at radius 3 is 2.85 bits per heavy atom.